The van der Waals surface area contributed by atoms with Crippen molar-refractivity contribution in [2.75, 3.05) is 6.61 Å². The van der Waals surface area contributed by atoms with Crippen LogP contribution in [0.25, 0.3) is 0 Å². The second-order valence-corrected chi connectivity index (χ2v) is 4.32. The monoisotopic (exact) mass is 288 g/mol. The van der Waals surface area contributed by atoms with Gasteiger partial charge in [0.15, 0.2) is 11.5 Å². The van der Waals surface area contributed by atoms with Crippen LogP contribution >= 0.6 is 0 Å². The van der Waals surface area contributed by atoms with Gasteiger partial charge in [-0.15, -0.1) is 0 Å². The Labute approximate surface area is 119 Å². The molecule has 0 radical (unpaired) electrons. The summed E-state index contributed by atoms with van der Waals surface area (Å²) < 4.78 is 15.7. The van der Waals surface area contributed by atoms with Crippen molar-refractivity contribution in [1.29, 1.82) is 0 Å². The van der Waals surface area contributed by atoms with E-state index in [2.05, 4.69) is 10.9 Å². The summed E-state index contributed by atoms with van der Waals surface area (Å²) >= 11 is 0. The molecule has 1 aromatic carbocycles. The Hall–Kier alpha value is -2.96. The molecule has 3 rings (SSSR count). The van der Waals surface area contributed by atoms with E-state index < -0.39 is 17.9 Å². The van der Waals surface area contributed by atoms with E-state index in [9.17, 15) is 9.59 Å². The molecule has 2 N–H and O–H groups in total. The lowest BCUT2D eigenvalue weighted by Crippen LogP contribution is -2.50. The molecular weight excluding hydrogens is 276 g/mol. The molecule has 1 aliphatic heterocycles. The fraction of sp³-hybridized carbons (Fsp3) is 0.143. The molecule has 0 aliphatic carbocycles. The fourth-order valence-corrected chi connectivity index (χ4v) is 1.81. The van der Waals surface area contributed by atoms with E-state index in [1.54, 1.807) is 18.2 Å². The largest absolute Gasteiger partial charge is 0.485 e. The Kier molecular flexibility index (Phi) is 3.46. The van der Waals surface area contributed by atoms with Crippen LogP contribution in [0.2, 0.25) is 0 Å². The predicted octanol–water partition coefficient (Wildman–Crippen LogP) is 0.881. The number of ether oxygens (including phenoxy) is 2. The Morgan fingerprint density at radius 1 is 1.10 bits per heavy atom. The van der Waals surface area contributed by atoms with Gasteiger partial charge in [0.05, 0.1) is 11.8 Å². The summed E-state index contributed by atoms with van der Waals surface area (Å²) in [6.07, 6.45) is 1.81. The van der Waals surface area contributed by atoms with Gasteiger partial charge in [-0.05, 0) is 18.2 Å². The highest BCUT2D eigenvalue weighted by molar-refractivity contribution is 5.95. The van der Waals surface area contributed by atoms with E-state index in [-0.39, 0.29) is 6.61 Å². The second-order valence-electron chi connectivity index (χ2n) is 4.32. The summed E-state index contributed by atoms with van der Waals surface area (Å²) in [5, 5.41) is 0. The summed E-state index contributed by atoms with van der Waals surface area (Å²) in [7, 11) is 0. The van der Waals surface area contributed by atoms with Crippen LogP contribution in [-0.4, -0.2) is 24.5 Å². The van der Waals surface area contributed by atoms with E-state index >= 15 is 0 Å². The minimum Gasteiger partial charge on any atom is -0.485 e. The summed E-state index contributed by atoms with van der Waals surface area (Å²) in [4.78, 5) is 23.6. The number of furan rings is 1. The molecule has 2 amide bonds. The molecule has 0 bridgehead atoms. The standard InChI is InChI=1S/C14H12N2O5/c17-13(9-5-6-19-7-9)15-16-14(18)12-8-20-10-3-1-2-4-11(10)21-12/h1-7,12H,8H2,(H,15,17)(H,16,18). The van der Waals surface area contributed by atoms with Gasteiger partial charge in [-0.3, -0.25) is 20.4 Å². The van der Waals surface area contributed by atoms with Gasteiger partial charge in [-0.25, -0.2) is 0 Å². The lowest BCUT2D eigenvalue weighted by molar-refractivity contribution is -0.131. The second kappa shape index (κ2) is 5.58. The SMILES string of the molecule is O=C(NNC(=O)C1COc2ccccc2O1)c1ccoc1. The number of carbonyl (C=O) groups excluding carboxylic acids is 2. The molecule has 0 saturated heterocycles. The van der Waals surface area contributed by atoms with E-state index in [1.807, 2.05) is 6.07 Å². The number of carbonyl (C=O) groups is 2. The minimum atomic E-state index is -0.829. The summed E-state index contributed by atoms with van der Waals surface area (Å²) in [6, 6.07) is 8.54. The molecule has 0 saturated carbocycles. The van der Waals surface area contributed by atoms with Crippen LogP contribution < -0.4 is 20.3 Å². The van der Waals surface area contributed by atoms with Crippen LogP contribution in [-0.2, 0) is 4.79 Å². The quantitative estimate of drug-likeness (QED) is 0.801. The number of hydrogen-bond acceptors (Lipinski definition) is 5. The number of hydrogen-bond donors (Lipinski definition) is 2. The van der Waals surface area contributed by atoms with E-state index in [4.69, 9.17) is 13.9 Å². The first-order chi connectivity index (χ1) is 10.2. The maximum Gasteiger partial charge on any atom is 0.283 e. The molecular formula is C14H12N2O5. The van der Waals surface area contributed by atoms with Gasteiger partial charge in [0, 0.05) is 0 Å². The molecule has 2 heterocycles. The third kappa shape index (κ3) is 2.81. The van der Waals surface area contributed by atoms with E-state index in [0.717, 1.165) is 0 Å². The zero-order valence-electron chi connectivity index (χ0n) is 10.9. The molecule has 1 aliphatic rings. The number of benzene rings is 1. The summed E-state index contributed by atoms with van der Waals surface area (Å²) in [5.41, 5.74) is 4.87. The minimum absolute atomic E-state index is 0.0738. The molecule has 1 atom stereocenters. The van der Waals surface area contributed by atoms with Crippen molar-refractivity contribution in [2.24, 2.45) is 0 Å². The molecule has 1 aromatic heterocycles. The zero-order chi connectivity index (χ0) is 14.7. The van der Waals surface area contributed by atoms with Crippen LogP contribution in [0, 0.1) is 0 Å². The van der Waals surface area contributed by atoms with E-state index in [1.165, 1.54) is 18.6 Å². The number of amides is 2. The van der Waals surface area contributed by atoms with Gasteiger partial charge < -0.3 is 13.9 Å². The average Bonchev–Trinajstić information content (AvgIpc) is 3.06. The first kappa shape index (κ1) is 13.0. The maximum absolute atomic E-state index is 11.9. The highest BCUT2D eigenvalue weighted by Crippen LogP contribution is 2.30. The number of rotatable bonds is 2. The lowest BCUT2D eigenvalue weighted by Gasteiger charge is -2.25. The smallest absolute Gasteiger partial charge is 0.283 e. The van der Waals surface area contributed by atoms with Gasteiger partial charge >= 0.3 is 0 Å². The molecule has 7 heteroatoms. The van der Waals surface area contributed by atoms with Crippen LogP contribution in [0.5, 0.6) is 11.5 Å². The first-order valence-corrected chi connectivity index (χ1v) is 6.25. The number of para-hydroxylation sites is 2. The van der Waals surface area contributed by atoms with Gasteiger partial charge in [-0.2, -0.15) is 0 Å². The van der Waals surface area contributed by atoms with Gasteiger partial charge in [-0.1, -0.05) is 12.1 Å². The fourth-order valence-electron chi connectivity index (χ4n) is 1.81. The molecule has 21 heavy (non-hydrogen) atoms. The van der Waals surface area contributed by atoms with Crippen LogP contribution in [0.15, 0.2) is 47.3 Å². The van der Waals surface area contributed by atoms with Crippen molar-refractivity contribution in [3.63, 3.8) is 0 Å². The van der Waals surface area contributed by atoms with Gasteiger partial charge in [0.1, 0.15) is 12.9 Å². The Balaban J connectivity index is 1.56. The first-order valence-electron chi connectivity index (χ1n) is 6.25. The van der Waals surface area contributed by atoms with Crippen LogP contribution in [0.4, 0.5) is 0 Å². The molecule has 7 nitrogen and oxygen atoms in total. The maximum atomic E-state index is 11.9. The van der Waals surface area contributed by atoms with Crippen molar-refractivity contribution in [2.45, 2.75) is 6.10 Å². The summed E-state index contributed by atoms with van der Waals surface area (Å²) in [5.74, 6) is 0.101. The van der Waals surface area contributed by atoms with Gasteiger partial charge in [0.2, 0.25) is 6.10 Å². The zero-order valence-corrected chi connectivity index (χ0v) is 10.9. The van der Waals surface area contributed by atoms with Crippen molar-refractivity contribution >= 4 is 11.8 Å². The van der Waals surface area contributed by atoms with Crippen molar-refractivity contribution < 1.29 is 23.5 Å². The number of fused-ring (bicyclic) bond motifs is 1. The topological polar surface area (TPSA) is 89.8 Å². The molecule has 0 fully saturated rings. The van der Waals surface area contributed by atoms with Crippen LogP contribution in [0.1, 0.15) is 10.4 Å². The highest BCUT2D eigenvalue weighted by atomic mass is 16.6. The third-order valence-corrected chi connectivity index (χ3v) is 2.88. The van der Waals surface area contributed by atoms with E-state index in [0.29, 0.717) is 17.1 Å². The molecule has 2 aromatic rings. The van der Waals surface area contributed by atoms with Crippen LogP contribution in [0.3, 0.4) is 0 Å². The third-order valence-electron chi connectivity index (χ3n) is 2.88. The molecule has 108 valence electrons. The highest BCUT2D eigenvalue weighted by Gasteiger charge is 2.27. The lowest BCUT2D eigenvalue weighted by atomic mass is 10.2. The van der Waals surface area contributed by atoms with Gasteiger partial charge in [0.25, 0.3) is 11.8 Å². The summed E-state index contributed by atoms with van der Waals surface area (Å²) in [6.45, 7) is 0.0738. The normalized spacial score (nSPS) is 16.1. The molecule has 0 spiro atoms. The Bertz CT molecular complexity index is 653. The van der Waals surface area contributed by atoms with Crippen molar-refractivity contribution in [3.05, 3.63) is 48.4 Å². The number of nitrogens with one attached hydrogen (secondary N) is 2. The number of hydrazine groups is 1. The average molecular weight is 288 g/mol. The van der Waals surface area contributed by atoms with Crippen molar-refractivity contribution in [1.82, 2.24) is 10.9 Å². The van der Waals surface area contributed by atoms with Crippen molar-refractivity contribution in [3.8, 4) is 11.5 Å². The molecule has 1 unspecified atom stereocenters. The Morgan fingerprint density at radius 3 is 2.67 bits per heavy atom. The Morgan fingerprint density at radius 2 is 1.90 bits per heavy atom. The predicted molar refractivity (Wildman–Crippen MR) is 70.7 cm³/mol.